The summed E-state index contributed by atoms with van der Waals surface area (Å²) in [4.78, 5) is 6.63. The molecular formula is C18H14Cl4N2O2S2. The van der Waals surface area contributed by atoms with E-state index in [1.165, 1.54) is 11.8 Å². The van der Waals surface area contributed by atoms with Crippen molar-refractivity contribution in [1.82, 2.24) is 0 Å². The summed E-state index contributed by atoms with van der Waals surface area (Å²) in [6.07, 6.45) is 0. The molecular weight excluding hydrogens is 482 g/mol. The number of sulfone groups is 1. The standard InChI is InChI=1S/C18H14Cl4N2O2S2/c19-11-2-1-10(15(22)6-11)7-27-18-23-16-8-28(25,26)9-17(16)24(18)14-4-12(20)3-13(21)5-14/h1-6,16-17H,7-9H2/t16-,17+/m0/s1. The highest BCUT2D eigenvalue weighted by atomic mass is 35.5. The number of rotatable bonds is 3. The predicted octanol–water partition coefficient (Wildman–Crippen LogP) is 5.58. The van der Waals surface area contributed by atoms with Crippen LogP contribution in [0.3, 0.4) is 0 Å². The van der Waals surface area contributed by atoms with Gasteiger partial charge in [-0.15, -0.1) is 0 Å². The molecule has 2 aliphatic heterocycles. The molecule has 0 radical (unpaired) electrons. The van der Waals surface area contributed by atoms with Crippen LogP contribution < -0.4 is 4.90 Å². The molecule has 0 bridgehead atoms. The Bertz CT molecular complexity index is 1060. The van der Waals surface area contributed by atoms with Gasteiger partial charge in [0.1, 0.15) is 0 Å². The lowest BCUT2D eigenvalue weighted by Crippen LogP contribution is -2.39. The van der Waals surface area contributed by atoms with Gasteiger partial charge in [-0.3, -0.25) is 4.99 Å². The summed E-state index contributed by atoms with van der Waals surface area (Å²) in [5.74, 6) is 0.678. The van der Waals surface area contributed by atoms with Gasteiger partial charge in [-0.05, 0) is 35.9 Å². The fourth-order valence-corrected chi connectivity index (χ4v) is 7.43. The van der Waals surface area contributed by atoms with Gasteiger partial charge in [0.2, 0.25) is 0 Å². The molecule has 2 aliphatic rings. The van der Waals surface area contributed by atoms with Gasteiger partial charge in [0.25, 0.3) is 0 Å². The smallest absolute Gasteiger partial charge is 0.164 e. The monoisotopic (exact) mass is 494 g/mol. The van der Waals surface area contributed by atoms with Crippen LogP contribution in [0, 0.1) is 0 Å². The number of thioether (sulfide) groups is 1. The van der Waals surface area contributed by atoms with E-state index in [1.54, 1.807) is 30.3 Å². The molecule has 0 aliphatic carbocycles. The number of hydrogen-bond donors (Lipinski definition) is 0. The first kappa shape index (κ1) is 20.6. The lowest BCUT2D eigenvalue weighted by atomic mass is 10.1. The molecule has 1 fully saturated rings. The summed E-state index contributed by atoms with van der Waals surface area (Å²) in [6.45, 7) is 0. The van der Waals surface area contributed by atoms with Crippen molar-refractivity contribution in [3.63, 3.8) is 0 Å². The van der Waals surface area contributed by atoms with Gasteiger partial charge < -0.3 is 4.90 Å². The largest absolute Gasteiger partial charge is 0.315 e. The van der Waals surface area contributed by atoms with E-state index in [-0.39, 0.29) is 23.6 Å². The number of amidine groups is 1. The third-order valence-corrected chi connectivity index (χ3v) is 8.34. The van der Waals surface area contributed by atoms with Crippen molar-refractivity contribution in [2.24, 2.45) is 4.99 Å². The maximum Gasteiger partial charge on any atom is 0.164 e. The van der Waals surface area contributed by atoms with Gasteiger partial charge in [0, 0.05) is 31.5 Å². The van der Waals surface area contributed by atoms with Gasteiger partial charge in [0.05, 0.1) is 23.6 Å². The Morgan fingerprint density at radius 3 is 2.39 bits per heavy atom. The van der Waals surface area contributed by atoms with Crippen molar-refractivity contribution in [3.8, 4) is 0 Å². The van der Waals surface area contributed by atoms with Gasteiger partial charge in [-0.25, -0.2) is 8.42 Å². The zero-order valence-corrected chi connectivity index (χ0v) is 18.9. The van der Waals surface area contributed by atoms with Crippen molar-refractivity contribution >= 4 is 78.9 Å². The van der Waals surface area contributed by atoms with Crippen LogP contribution in [-0.4, -0.2) is 37.2 Å². The maximum atomic E-state index is 12.1. The van der Waals surface area contributed by atoms with Crippen LogP contribution in [0.25, 0.3) is 0 Å². The molecule has 148 valence electrons. The Kier molecular flexibility index (Phi) is 5.82. The second kappa shape index (κ2) is 7.89. The Morgan fingerprint density at radius 2 is 1.71 bits per heavy atom. The summed E-state index contributed by atoms with van der Waals surface area (Å²) >= 11 is 26.1. The van der Waals surface area contributed by atoms with Crippen molar-refractivity contribution < 1.29 is 8.42 Å². The number of fused-ring (bicyclic) bond motifs is 1. The SMILES string of the molecule is O=S1(=O)C[C@@H]2N=C(SCc3ccc(Cl)cc3Cl)N(c3cc(Cl)cc(Cl)c3)[C@@H]2C1. The van der Waals surface area contributed by atoms with Crippen LogP contribution in [0.4, 0.5) is 5.69 Å². The number of halogens is 4. The highest BCUT2D eigenvalue weighted by Crippen LogP contribution is 2.38. The molecule has 0 saturated carbocycles. The van der Waals surface area contributed by atoms with Crippen LogP contribution in [0.5, 0.6) is 0 Å². The third-order valence-electron chi connectivity index (χ3n) is 4.60. The van der Waals surface area contributed by atoms with E-state index in [2.05, 4.69) is 0 Å². The zero-order valence-electron chi connectivity index (χ0n) is 14.3. The second-order valence-electron chi connectivity index (χ2n) is 6.65. The van der Waals surface area contributed by atoms with Crippen LogP contribution in [-0.2, 0) is 15.6 Å². The first-order valence-electron chi connectivity index (χ1n) is 8.32. The predicted molar refractivity (Wildman–Crippen MR) is 120 cm³/mol. The van der Waals surface area contributed by atoms with Crippen LogP contribution in [0.1, 0.15) is 5.56 Å². The molecule has 2 heterocycles. The van der Waals surface area contributed by atoms with Crippen molar-refractivity contribution in [2.45, 2.75) is 17.8 Å². The first-order valence-corrected chi connectivity index (χ1v) is 12.6. The average Bonchev–Trinajstić information content (AvgIpc) is 3.04. The number of nitrogens with zero attached hydrogens (tertiary/aromatic N) is 2. The Hall–Kier alpha value is -0.630. The van der Waals surface area contributed by atoms with Crippen LogP contribution >= 0.6 is 58.2 Å². The Morgan fingerprint density at radius 1 is 1.00 bits per heavy atom. The first-order chi connectivity index (χ1) is 13.2. The van der Waals surface area contributed by atoms with E-state index in [4.69, 9.17) is 51.4 Å². The second-order valence-corrected chi connectivity index (χ2v) is 11.5. The maximum absolute atomic E-state index is 12.1. The van der Waals surface area contributed by atoms with Gasteiger partial charge in [0.15, 0.2) is 15.0 Å². The zero-order chi connectivity index (χ0) is 20.1. The molecule has 0 N–H and O–H groups in total. The van der Waals surface area contributed by atoms with E-state index in [0.29, 0.717) is 25.8 Å². The van der Waals surface area contributed by atoms with Crippen molar-refractivity contribution in [1.29, 1.82) is 0 Å². The normalized spacial score (nSPS) is 23.0. The Balaban J connectivity index is 1.65. The summed E-state index contributed by atoms with van der Waals surface area (Å²) in [7, 11) is -3.13. The number of aliphatic imine (C=N–C) groups is 1. The third kappa shape index (κ3) is 4.27. The highest BCUT2D eigenvalue weighted by molar-refractivity contribution is 8.13. The summed E-state index contributed by atoms with van der Waals surface area (Å²) in [5, 5.41) is 2.86. The van der Waals surface area contributed by atoms with Crippen molar-refractivity contribution in [2.75, 3.05) is 16.4 Å². The number of anilines is 1. The van der Waals surface area contributed by atoms with Gasteiger partial charge in [-0.2, -0.15) is 0 Å². The quantitative estimate of drug-likeness (QED) is 0.558. The number of hydrogen-bond acceptors (Lipinski definition) is 5. The molecule has 0 unspecified atom stereocenters. The molecule has 1 saturated heterocycles. The fourth-order valence-electron chi connectivity index (χ4n) is 3.39. The number of benzene rings is 2. The Labute approximate surface area is 187 Å². The summed E-state index contributed by atoms with van der Waals surface area (Å²) in [6, 6.07) is 9.98. The minimum Gasteiger partial charge on any atom is -0.315 e. The van der Waals surface area contributed by atoms with E-state index in [0.717, 1.165) is 16.4 Å². The molecule has 2 aromatic carbocycles. The molecule has 0 spiro atoms. The lowest BCUT2D eigenvalue weighted by molar-refractivity contribution is 0.601. The van der Waals surface area contributed by atoms with Crippen LogP contribution in [0.2, 0.25) is 20.1 Å². The lowest BCUT2D eigenvalue weighted by Gasteiger charge is -2.27. The van der Waals surface area contributed by atoms with Gasteiger partial charge in [-0.1, -0.05) is 64.2 Å². The fraction of sp³-hybridized carbons (Fsp3) is 0.278. The minimum absolute atomic E-state index is 0.0498. The van der Waals surface area contributed by atoms with Crippen molar-refractivity contribution in [3.05, 3.63) is 62.1 Å². The summed E-state index contributed by atoms with van der Waals surface area (Å²) in [5.41, 5.74) is 1.66. The van der Waals surface area contributed by atoms with Crippen LogP contribution in [0.15, 0.2) is 41.4 Å². The van der Waals surface area contributed by atoms with E-state index >= 15 is 0 Å². The van der Waals surface area contributed by atoms with E-state index < -0.39 is 9.84 Å². The summed E-state index contributed by atoms with van der Waals surface area (Å²) < 4.78 is 24.3. The van der Waals surface area contributed by atoms with Gasteiger partial charge >= 0.3 is 0 Å². The molecule has 4 rings (SSSR count). The van der Waals surface area contributed by atoms with E-state index in [9.17, 15) is 8.42 Å². The molecule has 0 aromatic heterocycles. The highest BCUT2D eigenvalue weighted by Gasteiger charge is 2.47. The molecule has 2 atom stereocenters. The minimum atomic E-state index is -3.13. The molecule has 0 amide bonds. The van der Waals surface area contributed by atoms with E-state index in [1.807, 2.05) is 11.0 Å². The molecule has 4 nitrogen and oxygen atoms in total. The molecule has 10 heteroatoms. The topological polar surface area (TPSA) is 49.7 Å². The average molecular weight is 496 g/mol. The molecule has 28 heavy (non-hydrogen) atoms. The molecule has 2 aromatic rings.